The van der Waals surface area contributed by atoms with E-state index in [1.807, 2.05) is 0 Å². The summed E-state index contributed by atoms with van der Waals surface area (Å²) in [6, 6.07) is 0. The summed E-state index contributed by atoms with van der Waals surface area (Å²) in [5, 5.41) is 26.6. The van der Waals surface area contributed by atoms with E-state index < -0.39 is 6.10 Å². The fraction of sp³-hybridized carbons (Fsp3) is 0.917. The number of carbonyl (C=O) groups is 1. The first-order valence-electron chi connectivity index (χ1n) is 6.15. The molecule has 0 radical (unpaired) electrons. The monoisotopic (exact) mass is 232 g/mol. The first kappa shape index (κ1) is 15.6. The van der Waals surface area contributed by atoms with Gasteiger partial charge in [-0.05, 0) is 25.7 Å². The topological polar surface area (TPSA) is 77.8 Å². The maximum Gasteiger partial charge on any atom is 0.161 e. The highest BCUT2D eigenvalue weighted by Crippen LogP contribution is 2.08. The highest BCUT2D eigenvalue weighted by atomic mass is 16.3. The Hall–Kier alpha value is -0.450. The van der Waals surface area contributed by atoms with Crippen molar-refractivity contribution in [2.45, 2.75) is 57.5 Å². The summed E-state index contributed by atoms with van der Waals surface area (Å²) in [5.41, 5.74) is 0. The molecule has 96 valence electrons. The van der Waals surface area contributed by atoms with Crippen LogP contribution in [-0.4, -0.2) is 40.4 Å². The molecule has 0 heterocycles. The quantitative estimate of drug-likeness (QED) is 0.465. The molecule has 0 aliphatic rings. The maximum absolute atomic E-state index is 11.4. The summed E-state index contributed by atoms with van der Waals surface area (Å²) >= 11 is 0. The number of ketones is 1. The molecule has 0 aromatic heterocycles. The van der Waals surface area contributed by atoms with Gasteiger partial charge in [-0.3, -0.25) is 4.79 Å². The number of unbranched alkanes of at least 4 members (excludes halogenated alkanes) is 4. The molecule has 0 spiro atoms. The third-order valence-corrected chi connectivity index (χ3v) is 2.59. The van der Waals surface area contributed by atoms with Crippen molar-refractivity contribution >= 4 is 5.78 Å². The molecule has 0 bridgehead atoms. The average molecular weight is 232 g/mol. The van der Waals surface area contributed by atoms with E-state index >= 15 is 0 Å². The molecule has 0 aromatic rings. The van der Waals surface area contributed by atoms with Crippen LogP contribution < -0.4 is 0 Å². The van der Waals surface area contributed by atoms with Crippen molar-refractivity contribution in [2.75, 3.05) is 13.2 Å². The molecule has 16 heavy (non-hydrogen) atoms. The summed E-state index contributed by atoms with van der Waals surface area (Å²) in [7, 11) is 0. The molecule has 3 N–H and O–H groups in total. The van der Waals surface area contributed by atoms with E-state index in [2.05, 4.69) is 0 Å². The number of Topliss-reactive ketones (excluding diaryl/α,β-unsaturated/α-hetero) is 1. The third-order valence-electron chi connectivity index (χ3n) is 2.59. The number of hydrogen-bond donors (Lipinski definition) is 3. The van der Waals surface area contributed by atoms with Gasteiger partial charge in [-0.25, -0.2) is 0 Å². The van der Waals surface area contributed by atoms with Crippen LogP contribution in [0.25, 0.3) is 0 Å². The molecule has 0 aliphatic heterocycles. The molecular formula is C12H24O4. The number of carbonyl (C=O) groups excluding carboxylic acids is 1. The third kappa shape index (κ3) is 8.83. The lowest BCUT2D eigenvalue weighted by atomic mass is 10.0. The molecule has 1 unspecified atom stereocenters. The van der Waals surface area contributed by atoms with Crippen molar-refractivity contribution in [1.29, 1.82) is 0 Å². The summed E-state index contributed by atoms with van der Waals surface area (Å²) in [6.45, 7) is 0.336. The molecule has 0 saturated carbocycles. The Morgan fingerprint density at radius 1 is 0.875 bits per heavy atom. The Morgan fingerprint density at radius 2 is 1.44 bits per heavy atom. The SMILES string of the molecule is O=C(CCCCCO)C(O)CCCCCO. The zero-order valence-corrected chi connectivity index (χ0v) is 9.90. The van der Waals surface area contributed by atoms with Gasteiger partial charge in [-0.2, -0.15) is 0 Å². The van der Waals surface area contributed by atoms with Crippen molar-refractivity contribution in [3.8, 4) is 0 Å². The van der Waals surface area contributed by atoms with Crippen LogP contribution in [0.5, 0.6) is 0 Å². The second kappa shape index (κ2) is 11.0. The Balaban J connectivity index is 3.42. The lowest BCUT2D eigenvalue weighted by Gasteiger charge is -2.08. The van der Waals surface area contributed by atoms with Gasteiger partial charge in [0.05, 0.1) is 0 Å². The van der Waals surface area contributed by atoms with E-state index in [-0.39, 0.29) is 19.0 Å². The number of aliphatic hydroxyl groups is 3. The molecular weight excluding hydrogens is 208 g/mol. The highest BCUT2D eigenvalue weighted by molar-refractivity contribution is 5.82. The zero-order chi connectivity index (χ0) is 12.2. The second-order valence-electron chi connectivity index (χ2n) is 4.09. The number of hydrogen-bond acceptors (Lipinski definition) is 4. The normalized spacial score (nSPS) is 12.7. The van der Waals surface area contributed by atoms with Crippen molar-refractivity contribution in [3.63, 3.8) is 0 Å². The van der Waals surface area contributed by atoms with Crippen LogP contribution in [0.2, 0.25) is 0 Å². The van der Waals surface area contributed by atoms with Crippen molar-refractivity contribution in [1.82, 2.24) is 0 Å². The van der Waals surface area contributed by atoms with Crippen molar-refractivity contribution < 1.29 is 20.1 Å². The molecule has 4 heteroatoms. The van der Waals surface area contributed by atoms with Gasteiger partial charge in [-0.1, -0.05) is 19.3 Å². The Morgan fingerprint density at radius 3 is 2.00 bits per heavy atom. The molecule has 0 rings (SSSR count). The zero-order valence-electron chi connectivity index (χ0n) is 9.90. The standard InChI is InChI=1S/C12H24O4/c13-9-5-1-3-7-11(15)12(16)8-4-2-6-10-14/h11,13-15H,1-10H2. The van der Waals surface area contributed by atoms with Crippen LogP contribution in [0.3, 0.4) is 0 Å². The van der Waals surface area contributed by atoms with Gasteiger partial charge >= 0.3 is 0 Å². The molecule has 0 saturated heterocycles. The first-order valence-corrected chi connectivity index (χ1v) is 6.15. The Kier molecular flexibility index (Phi) is 10.7. The van der Waals surface area contributed by atoms with Crippen LogP contribution in [0, 0.1) is 0 Å². The summed E-state index contributed by atoms with van der Waals surface area (Å²) in [4.78, 5) is 11.4. The lowest BCUT2D eigenvalue weighted by molar-refractivity contribution is -0.127. The molecule has 0 aliphatic carbocycles. The number of aliphatic hydroxyl groups excluding tert-OH is 3. The fourth-order valence-electron chi connectivity index (χ4n) is 1.54. The van der Waals surface area contributed by atoms with Crippen LogP contribution in [0.4, 0.5) is 0 Å². The second-order valence-corrected chi connectivity index (χ2v) is 4.09. The van der Waals surface area contributed by atoms with Gasteiger partial charge in [0.2, 0.25) is 0 Å². The maximum atomic E-state index is 11.4. The fourth-order valence-corrected chi connectivity index (χ4v) is 1.54. The van der Waals surface area contributed by atoms with Gasteiger partial charge in [0.25, 0.3) is 0 Å². The number of rotatable bonds is 11. The van der Waals surface area contributed by atoms with Gasteiger partial charge in [0.1, 0.15) is 6.10 Å². The lowest BCUT2D eigenvalue weighted by Crippen LogP contribution is -2.19. The summed E-state index contributed by atoms with van der Waals surface area (Å²) in [5.74, 6) is -0.0954. The Labute approximate surface area is 97.3 Å². The van der Waals surface area contributed by atoms with E-state index in [9.17, 15) is 9.90 Å². The summed E-state index contributed by atoms with van der Waals surface area (Å²) < 4.78 is 0. The van der Waals surface area contributed by atoms with Gasteiger partial charge in [0.15, 0.2) is 5.78 Å². The van der Waals surface area contributed by atoms with E-state index in [0.29, 0.717) is 12.8 Å². The van der Waals surface area contributed by atoms with Gasteiger partial charge in [0, 0.05) is 19.6 Å². The minimum atomic E-state index is -0.840. The van der Waals surface area contributed by atoms with Crippen LogP contribution in [-0.2, 0) is 4.79 Å². The minimum Gasteiger partial charge on any atom is -0.396 e. The average Bonchev–Trinajstić information content (AvgIpc) is 2.29. The highest BCUT2D eigenvalue weighted by Gasteiger charge is 2.13. The largest absolute Gasteiger partial charge is 0.396 e. The van der Waals surface area contributed by atoms with E-state index in [4.69, 9.17) is 10.2 Å². The predicted octanol–water partition coefficient (Wildman–Crippen LogP) is 1.02. The van der Waals surface area contributed by atoms with Gasteiger partial charge < -0.3 is 15.3 Å². The van der Waals surface area contributed by atoms with Crippen molar-refractivity contribution in [2.24, 2.45) is 0 Å². The van der Waals surface area contributed by atoms with Crippen LogP contribution >= 0.6 is 0 Å². The van der Waals surface area contributed by atoms with Crippen LogP contribution in [0.15, 0.2) is 0 Å². The molecule has 0 fully saturated rings. The van der Waals surface area contributed by atoms with Gasteiger partial charge in [-0.15, -0.1) is 0 Å². The Bertz CT molecular complexity index is 170. The van der Waals surface area contributed by atoms with Crippen molar-refractivity contribution in [3.05, 3.63) is 0 Å². The van der Waals surface area contributed by atoms with E-state index in [1.165, 1.54) is 0 Å². The predicted molar refractivity (Wildman–Crippen MR) is 62.1 cm³/mol. The van der Waals surface area contributed by atoms with Crippen LogP contribution in [0.1, 0.15) is 51.4 Å². The molecule has 4 nitrogen and oxygen atoms in total. The molecule has 0 aromatic carbocycles. The van der Waals surface area contributed by atoms with E-state index in [1.54, 1.807) is 0 Å². The van der Waals surface area contributed by atoms with E-state index in [0.717, 1.165) is 38.5 Å². The molecule has 1 atom stereocenters. The molecule has 0 amide bonds. The first-order chi connectivity index (χ1) is 7.72. The summed E-state index contributed by atoms with van der Waals surface area (Å²) in [6.07, 6.45) is 4.73. The minimum absolute atomic E-state index is 0.0954. The smallest absolute Gasteiger partial charge is 0.161 e.